The Morgan fingerprint density at radius 1 is 1.10 bits per heavy atom. The van der Waals surface area contributed by atoms with Crippen LogP contribution < -0.4 is 9.64 Å². The van der Waals surface area contributed by atoms with Crippen molar-refractivity contribution in [3.8, 4) is 27.9 Å². The standard InChI is InChI=1S/C22H17N5OS/c23-13-18-7-9-21(29-18)16-6-8-20-19(12-16)26(10-11-28-20)14-22-24-15-25-27(22)17-4-2-1-3-5-17/h1-9,12,15H,10-11,14H2. The minimum Gasteiger partial charge on any atom is -0.490 e. The normalized spacial score (nSPS) is 12.9. The molecule has 2 aromatic carbocycles. The molecular weight excluding hydrogens is 382 g/mol. The lowest BCUT2D eigenvalue weighted by Gasteiger charge is -2.31. The highest BCUT2D eigenvalue weighted by atomic mass is 32.1. The molecular formula is C22H17N5OS. The van der Waals surface area contributed by atoms with Gasteiger partial charge in [0.05, 0.1) is 24.5 Å². The van der Waals surface area contributed by atoms with E-state index in [2.05, 4.69) is 27.1 Å². The summed E-state index contributed by atoms with van der Waals surface area (Å²) in [5, 5.41) is 13.5. The smallest absolute Gasteiger partial charge is 0.151 e. The van der Waals surface area contributed by atoms with Crippen molar-refractivity contribution < 1.29 is 4.74 Å². The number of aromatic nitrogens is 3. The van der Waals surface area contributed by atoms with Gasteiger partial charge >= 0.3 is 0 Å². The second-order valence-corrected chi connectivity index (χ2v) is 7.74. The first-order valence-corrected chi connectivity index (χ1v) is 10.1. The van der Waals surface area contributed by atoms with Crippen molar-refractivity contribution in [3.05, 3.63) is 77.7 Å². The SMILES string of the molecule is N#Cc1ccc(-c2ccc3c(c2)N(Cc2ncnn2-c2ccccc2)CCO3)s1. The van der Waals surface area contributed by atoms with Crippen LogP contribution in [0.15, 0.2) is 67.0 Å². The average molecular weight is 399 g/mol. The number of hydrogen-bond donors (Lipinski definition) is 0. The van der Waals surface area contributed by atoms with E-state index in [-0.39, 0.29) is 0 Å². The van der Waals surface area contributed by atoms with Crippen LogP contribution in [0.4, 0.5) is 5.69 Å². The highest BCUT2D eigenvalue weighted by molar-refractivity contribution is 7.16. The molecule has 7 heteroatoms. The highest BCUT2D eigenvalue weighted by Crippen LogP contribution is 2.38. The summed E-state index contributed by atoms with van der Waals surface area (Å²) in [5.74, 6) is 1.74. The molecule has 142 valence electrons. The molecule has 0 aliphatic carbocycles. The third-order valence-corrected chi connectivity index (χ3v) is 5.91. The first kappa shape index (κ1) is 17.5. The third-order valence-electron chi connectivity index (χ3n) is 4.87. The predicted octanol–water partition coefficient (Wildman–Crippen LogP) is 4.27. The first-order chi connectivity index (χ1) is 14.3. The minimum absolute atomic E-state index is 0.628. The van der Waals surface area contributed by atoms with Crippen molar-refractivity contribution in [1.29, 1.82) is 5.26 Å². The van der Waals surface area contributed by atoms with Crippen molar-refractivity contribution >= 4 is 17.0 Å². The van der Waals surface area contributed by atoms with Crippen molar-refractivity contribution in [1.82, 2.24) is 14.8 Å². The van der Waals surface area contributed by atoms with Gasteiger partial charge in [0.25, 0.3) is 0 Å². The van der Waals surface area contributed by atoms with Gasteiger partial charge in [0.15, 0.2) is 5.82 Å². The van der Waals surface area contributed by atoms with Crippen LogP contribution in [0, 0.1) is 11.3 Å². The van der Waals surface area contributed by atoms with Crippen molar-refractivity contribution in [2.24, 2.45) is 0 Å². The van der Waals surface area contributed by atoms with Gasteiger partial charge in [0.2, 0.25) is 0 Å². The molecule has 2 aromatic heterocycles. The summed E-state index contributed by atoms with van der Waals surface area (Å²) in [7, 11) is 0. The Hall–Kier alpha value is -3.63. The topological polar surface area (TPSA) is 67.0 Å². The van der Waals surface area contributed by atoms with Gasteiger partial charge in [-0.2, -0.15) is 10.4 Å². The largest absolute Gasteiger partial charge is 0.490 e. The number of thiophene rings is 1. The van der Waals surface area contributed by atoms with Gasteiger partial charge in [-0.3, -0.25) is 0 Å². The lowest BCUT2D eigenvalue weighted by Crippen LogP contribution is -2.33. The Morgan fingerprint density at radius 3 is 2.83 bits per heavy atom. The number of hydrogen-bond acceptors (Lipinski definition) is 6. The number of anilines is 1. The van der Waals surface area contributed by atoms with Crippen LogP contribution in [0.3, 0.4) is 0 Å². The molecule has 0 spiro atoms. The molecule has 0 unspecified atom stereocenters. The molecule has 5 rings (SSSR count). The van der Waals surface area contributed by atoms with Crippen LogP contribution in [0.1, 0.15) is 10.7 Å². The summed E-state index contributed by atoms with van der Waals surface area (Å²) in [6.45, 7) is 2.03. The minimum atomic E-state index is 0.628. The molecule has 29 heavy (non-hydrogen) atoms. The number of nitrogens with zero attached hydrogens (tertiary/aromatic N) is 5. The maximum absolute atomic E-state index is 9.11. The van der Waals surface area contributed by atoms with Gasteiger partial charge in [-0.15, -0.1) is 11.3 Å². The number of fused-ring (bicyclic) bond motifs is 1. The monoisotopic (exact) mass is 399 g/mol. The van der Waals surface area contributed by atoms with Gasteiger partial charge in [-0.05, 0) is 48.0 Å². The van der Waals surface area contributed by atoms with Crippen molar-refractivity contribution in [2.75, 3.05) is 18.1 Å². The fourth-order valence-corrected chi connectivity index (χ4v) is 4.27. The summed E-state index contributed by atoms with van der Waals surface area (Å²) in [6, 6.07) is 22.2. The van der Waals surface area contributed by atoms with Gasteiger partial charge in [0, 0.05) is 4.88 Å². The third kappa shape index (κ3) is 3.35. The molecule has 0 atom stereocenters. The quantitative estimate of drug-likeness (QED) is 0.513. The maximum atomic E-state index is 9.11. The molecule has 0 amide bonds. The summed E-state index contributed by atoms with van der Waals surface area (Å²) in [4.78, 5) is 8.54. The Kier molecular flexibility index (Phi) is 4.47. The molecule has 4 aromatic rings. The number of ether oxygens (including phenoxy) is 1. The Bertz CT molecular complexity index is 1190. The number of benzene rings is 2. The van der Waals surface area contributed by atoms with Crippen LogP contribution in [-0.2, 0) is 6.54 Å². The molecule has 3 heterocycles. The molecule has 1 aliphatic rings. The fraction of sp³-hybridized carbons (Fsp3) is 0.136. The Balaban J connectivity index is 1.48. The first-order valence-electron chi connectivity index (χ1n) is 9.28. The second kappa shape index (κ2) is 7.41. The molecule has 0 radical (unpaired) electrons. The molecule has 0 saturated heterocycles. The van der Waals surface area contributed by atoms with Crippen LogP contribution in [0.25, 0.3) is 16.1 Å². The lowest BCUT2D eigenvalue weighted by molar-refractivity contribution is 0.306. The van der Waals surface area contributed by atoms with E-state index in [1.54, 1.807) is 6.33 Å². The van der Waals surface area contributed by atoms with E-state index in [1.807, 2.05) is 59.3 Å². The van der Waals surface area contributed by atoms with E-state index >= 15 is 0 Å². The predicted molar refractivity (Wildman–Crippen MR) is 112 cm³/mol. The Morgan fingerprint density at radius 2 is 2.00 bits per heavy atom. The van der Waals surface area contributed by atoms with Crippen molar-refractivity contribution in [2.45, 2.75) is 6.54 Å². The summed E-state index contributed by atoms with van der Waals surface area (Å²) in [5.41, 5.74) is 3.10. The van der Waals surface area contributed by atoms with E-state index in [9.17, 15) is 0 Å². The summed E-state index contributed by atoms with van der Waals surface area (Å²) >= 11 is 1.50. The maximum Gasteiger partial charge on any atom is 0.151 e. The molecule has 0 N–H and O–H groups in total. The van der Waals surface area contributed by atoms with Gasteiger partial charge in [-0.1, -0.05) is 18.2 Å². The fourth-order valence-electron chi connectivity index (χ4n) is 3.47. The molecule has 0 fully saturated rings. The van der Waals surface area contributed by atoms with Gasteiger partial charge < -0.3 is 9.64 Å². The molecule has 0 bridgehead atoms. The second-order valence-electron chi connectivity index (χ2n) is 6.65. The lowest BCUT2D eigenvalue weighted by atomic mass is 10.1. The van der Waals surface area contributed by atoms with E-state index in [1.165, 1.54) is 11.3 Å². The average Bonchev–Trinajstić information content (AvgIpc) is 3.44. The van der Waals surface area contributed by atoms with Gasteiger partial charge in [-0.25, -0.2) is 9.67 Å². The number of para-hydroxylation sites is 1. The molecule has 6 nitrogen and oxygen atoms in total. The van der Waals surface area contributed by atoms with Crippen LogP contribution in [0.5, 0.6) is 5.75 Å². The van der Waals surface area contributed by atoms with Crippen LogP contribution in [-0.4, -0.2) is 27.9 Å². The van der Waals surface area contributed by atoms with E-state index in [4.69, 9.17) is 10.00 Å². The van der Waals surface area contributed by atoms with Crippen molar-refractivity contribution in [3.63, 3.8) is 0 Å². The number of rotatable bonds is 4. The Labute approximate surface area is 172 Å². The number of nitriles is 1. The molecule has 1 aliphatic heterocycles. The summed E-state index contributed by atoms with van der Waals surface area (Å²) < 4.78 is 7.74. The zero-order chi connectivity index (χ0) is 19.6. The van der Waals surface area contributed by atoms with Crippen LogP contribution in [0.2, 0.25) is 0 Å². The highest BCUT2D eigenvalue weighted by Gasteiger charge is 2.21. The van der Waals surface area contributed by atoms with Gasteiger partial charge in [0.1, 0.15) is 29.6 Å². The van der Waals surface area contributed by atoms with Crippen LogP contribution >= 0.6 is 11.3 Å². The van der Waals surface area contributed by atoms with E-state index in [0.717, 1.165) is 39.9 Å². The summed E-state index contributed by atoms with van der Waals surface area (Å²) in [6.07, 6.45) is 1.59. The van der Waals surface area contributed by atoms with E-state index < -0.39 is 0 Å². The molecule has 0 saturated carbocycles. The van der Waals surface area contributed by atoms with E-state index in [0.29, 0.717) is 18.0 Å². The zero-order valence-electron chi connectivity index (χ0n) is 15.5. The zero-order valence-corrected chi connectivity index (χ0v) is 16.3.